The molecule has 0 aromatic carbocycles. The molecular formula is C16H24N4. The first-order valence-corrected chi connectivity index (χ1v) is 7.39. The number of aryl methyl sites for hydroxylation is 1. The monoisotopic (exact) mass is 272 g/mol. The third-order valence-corrected chi connectivity index (χ3v) is 3.61. The van der Waals surface area contributed by atoms with Crippen molar-refractivity contribution in [1.29, 1.82) is 0 Å². The van der Waals surface area contributed by atoms with Crippen LogP contribution in [0.3, 0.4) is 0 Å². The van der Waals surface area contributed by atoms with E-state index in [9.17, 15) is 0 Å². The van der Waals surface area contributed by atoms with Gasteiger partial charge in [-0.25, -0.2) is 9.67 Å². The zero-order valence-corrected chi connectivity index (χ0v) is 12.9. The number of nitrogens with one attached hydrogen (secondary N) is 1. The molecular weight excluding hydrogens is 248 g/mol. The standard InChI is InChI=1S/C16H24N4/c1-5-9-17-11-14-8-7-10-18-16(14)20-13(4)15(6-2)12(3)19-20/h7-8,10,17H,5-6,9,11H2,1-4H3. The summed E-state index contributed by atoms with van der Waals surface area (Å²) in [6, 6.07) is 4.10. The molecule has 0 spiro atoms. The average Bonchev–Trinajstić information content (AvgIpc) is 2.74. The molecule has 0 amide bonds. The fourth-order valence-electron chi connectivity index (χ4n) is 2.55. The molecule has 2 aromatic heterocycles. The molecule has 4 nitrogen and oxygen atoms in total. The van der Waals surface area contributed by atoms with E-state index in [2.05, 4.69) is 49.2 Å². The lowest BCUT2D eigenvalue weighted by Gasteiger charge is -2.11. The number of hydrogen-bond acceptors (Lipinski definition) is 3. The quantitative estimate of drug-likeness (QED) is 0.822. The molecule has 0 fully saturated rings. The van der Waals surface area contributed by atoms with Crippen molar-refractivity contribution in [2.45, 2.75) is 47.1 Å². The second kappa shape index (κ2) is 6.66. The van der Waals surface area contributed by atoms with Crippen molar-refractivity contribution in [3.63, 3.8) is 0 Å². The predicted octanol–water partition coefficient (Wildman–Crippen LogP) is 2.95. The van der Waals surface area contributed by atoms with E-state index in [-0.39, 0.29) is 0 Å². The first-order valence-electron chi connectivity index (χ1n) is 7.39. The lowest BCUT2D eigenvalue weighted by molar-refractivity contribution is 0.664. The van der Waals surface area contributed by atoms with Crippen molar-refractivity contribution >= 4 is 0 Å². The summed E-state index contributed by atoms with van der Waals surface area (Å²) in [7, 11) is 0. The second-order valence-corrected chi connectivity index (χ2v) is 5.08. The highest BCUT2D eigenvalue weighted by atomic mass is 15.3. The summed E-state index contributed by atoms with van der Waals surface area (Å²) in [5.41, 5.74) is 4.81. The molecule has 0 saturated heterocycles. The maximum Gasteiger partial charge on any atom is 0.158 e. The first kappa shape index (κ1) is 14.7. The van der Waals surface area contributed by atoms with E-state index >= 15 is 0 Å². The highest BCUT2D eigenvalue weighted by molar-refractivity contribution is 5.38. The van der Waals surface area contributed by atoms with Gasteiger partial charge in [0, 0.05) is 24.0 Å². The van der Waals surface area contributed by atoms with Crippen molar-refractivity contribution in [2.75, 3.05) is 6.54 Å². The summed E-state index contributed by atoms with van der Waals surface area (Å²) in [5, 5.41) is 8.10. The summed E-state index contributed by atoms with van der Waals surface area (Å²) in [4.78, 5) is 4.54. The van der Waals surface area contributed by atoms with Gasteiger partial charge in [0.15, 0.2) is 5.82 Å². The largest absolute Gasteiger partial charge is 0.313 e. The van der Waals surface area contributed by atoms with Gasteiger partial charge in [0.05, 0.1) is 5.69 Å². The maximum absolute atomic E-state index is 4.67. The van der Waals surface area contributed by atoms with Crippen LogP contribution in [0, 0.1) is 13.8 Å². The normalized spacial score (nSPS) is 11.0. The highest BCUT2D eigenvalue weighted by Crippen LogP contribution is 2.19. The van der Waals surface area contributed by atoms with E-state index in [1.807, 2.05) is 16.9 Å². The van der Waals surface area contributed by atoms with Crippen LogP contribution >= 0.6 is 0 Å². The first-order chi connectivity index (χ1) is 9.69. The lowest BCUT2D eigenvalue weighted by Crippen LogP contribution is -2.17. The molecule has 0 saturated carbocycles. The van der Waals surface area contributed by atoms with Crippen LogP contribution in [0.1, 0.15) is 42.8 Å². The van der Waals surface area contributed by atoms with Crippen molar-refractivity contribution in [3.8, 4) is 5.82 Å². The Kier molecular flexibility index (Phi) is 4.90. The van der Waals surface area contributed by atoms with E-state index in [0.29, 0.717) is 0 Å². The van der Waals surface area contributed by atoms with Gasteiger partial charge in [-0.1, -0.05) is 19.9 Å². The van der Waals surface area contributed by atoms with Crippen molar-refractivity contribution < 1.29 is 0 Å². The molecule has 0 radical (unpaired) electrons. The topological polar surface area (TPSA) is 42.7 Å². The van der Waals surface area contributed by atoms with Gasteiger partial charge in [-0.15, -0.1) is 0 Å². The molecule has 0 unspecified atom stereocenters. The third-order valence-electron chi connectivity index (χ3n) is 3.61. The minimum Gasteiger partial charge on any atom is -0.313 e. The van der Waals surface area contributed by atoms with Gasteiger partial charge in [0.2, 0.25) is 0 Å². The fourth-order valence-corrected chi connectivity index (χ4v) is 2.55. The number of pyridine rings is 1. The van der Waals surface area contributed by atoms with Crippen LogP contribution in [0.25, 0.3) is 5.82 Å². The van der Waals surface area contributed by atoms with Gasteiger partial charge in [-0.3, -0.25) is 0 Å². The maximum atomic E-state index is 4.67. The van der Waals surface area contributed by atoms with Gasteiger partial charge in [-0.05, 0) is 44.9 Å². The Labute approximate surface area is 121 Å². The Balaban J connectivity index is 2.37. The van der Waals surface area contributed by atoms with Crippen LogP contribution in [-0.4, -0.2) is 21.3 Å². The molecule has 20 heavy (non-hydrogen) atoms. The predicted molar refractivity (Wildman–Crippen MR) is 82.2 cm³/mol. The Morgan fingerprint density at radius 1 is 1.25 bits per heavy atom. The van der Waals surface area contributed by atoms with E-state index in [1.165, 1.54) is 16.8 Å². The van der Waals surface area contributed by atoms with Crippen LogP contribution in [0.5, 0.6) is 0 Å². The van der Waals surface area contributed by atoms with E-state index in [0.717, 1.165) is 37.4 Å². The zero-order valence-electron chi connectivity index (χ0n) is 12.9. The average molecular weight is 272 g/mol. The molecule has 0 bridgehead atoms. The van der Waals surface area contributed by atoms with Gasteiger partial charge >= 0.3 is 0 Å². The van der Waals surface area contributed by atoms with Crippen molar-refractivity contribution in [3.05, 3.63) is 40.8 Å². The van der Waals surface area contributed by atoms with Crippen LogP contribution in [0.2, 0.25) is 0 Å². The molecule has 2 heterocycles. The number of hydrogen-bond donors (Lipinski definition) is 1. The molecule has 2 aromatic rings. The molecule has 1 N–H and O–H groups in total. The van der Waals surface area contributed by atoms with Gasteiger partial charge in [0.1, 0.15) is 0 Å². The molecule has 108 valence electrons. The van der Waals surface area contributed by atoms with Crippen LogP contribution in [0.15, 0.2) is 18.3 Å². The summed E-state index contributed by atoms with van der Waals surface area (Å²) < 4.78 is 1.98. The Bertz CT molecular complexity index is 572. The van der Waals surface area contributed by atoms with Gasteiger partial charge in [-0.2, -0.15) is 5.10 Å². The number of nitrogens with zero attached hydrogens (tertiary/aromatic N) is 3. The van der Waals surface area contributed by atoms with Crippen LogP contribution in [0.4, 0.5) is 0 Å². The zero-order chi connectivity index (χ0) is 14.5. The summed E-state index contributed by atoms with van der Waals surface area (Å²) >= 11 is 0. The van der Waals surface area contributed by atoms with Crippen molar-refractivity contribution in [1.82, 2.24) is 20.1 Å². The lowest BCUT2D eigenvalue weighted by atomic mass is 10.1. The molecule has 0 aliphatic heterocycles. The van der Waals surface area contributed by atoms with E-state index < -0.39 is 0 Å². The molecule has 0 atom stereocenters. The smallest absolute Gasteiger partial charge is 0.158 e. The molecule has 0 aliphatic rings. The van der Waals surface area contributed by atoms with Gasteiger partial charge in [0.25, 0.3) is 0 Å². The summed E-state index contributed by atoms with van der Waals surface area (Å²) in [5.74, 6) is 0.941. The molecule has 4 heteroatoms. The third kappa shape index (κ3) is 2.90. The summed E-state index contributed by atoms with van der Waals surface area (Å²) in [6.45, 7) is 10.4. The SMILES string of the molecule is CCCNCc1cccnc1-n1nc(C)c(CC)c1C. The minimum absolute atomic E-state index is 0.830. The Morgan fingerprint density at radius 3 is 2.70 bits per heavy atom. The Morgan fingerprint density at radius 2 is 2.05 bits per heavy atom. The highest BCUT2D eigenvalue weighted by Gasteiger charge is 2.14. The van der Waals surface area contributed by atoms with Crippen LogP contribution < -0.4 is 5.32 Å². The summed E-state index contributed by atoms with van der Waals surface area (Å²) in [6.07, 6.45) is 3.98. The number of aromatic nitrogens is 3. The molecule has 0 aliphatic carbocycles. The second-order valence-electron chi connectivity index (χ2n) is 5.08. The van der Waals surface area contributed by atoms with Crippen LogP contribution in [-0.2, 0) is 13.0 Å². The fraction of sp³-hybridized carbons (Fsp3) is 0.500. The number of rotatable bonds is 6. The van der Waals surface area contributed by atoms with Gasteiger partial charge < -0.3 is 5.32 Å². The minimum atomic E-state index is 0.830. The Hall–Kier alpha value is -1.68. The molecule has 2 rings (SSSR count). The van der Waals surface area contributed by atoms with Crippen molar-refractivity contribution in [2.24, 2.45) is 0 Å². The van der Waals surface area contributed by atoms with E-state index in [1.54, 1.807) is 0 Å². The van der Waals surface area contributed by atoms with E-state index in [4.69, 9.17) is 0 Å².